The fraction of sp³-hybridized carbons (Fsp3) is 0.455. The summed E-state index contributed by atoms with van der Waals surface area (Å²) >= 11 is 5.56. The Hall–Kier alpha value is -0.890. The Balaban J connectivity index is 2.78. The van der Waals surface area contributed by atoms with Crippen LogP contribution in [0.4, 0.5) is 10.1 Å². The number of nitrogens with one attached hydrogen (secondary N) is 1. The molecule has 0 aliphatic rings. The number of nitrogen functional groups attached to an aromatic ring is 1. The Bertz CT molecular complexity index is 537. The molecule has 0 fully saturated rings. The molecule has 0 aliphatic heterocycles. The second-order valence-electron chi connectivity index (χ2n) is 3.91. The zero-order valence-corrected chi connectivity index (χ0v) is 12.0. The van der Waals surface area contributed by atoms with Crippen LogP contribution in [0, 0.1) is 5.82 Å². The van der Waals surface area contributed by atoms with Crippen LogP contribution in [-0.4, -0.2) is 28.7 Å². The molecule has 1 aromatic rings. The molecule has 1 aromatic carbocycles. The third kappa shape index (κ3) is 4.61. The molecule has 108 valence electrons. The van der Waals surface area contributed by atoms with Gasteiger partial charge in [-0.3, -0.25) is 0 Å². The molecule has 0 spiro atoms. The normalized spacial score (nSPS) is 11.7. The molecule has 19 heavy (non-hydrogen) atoms. The minimum atomic E-state index is -3.95. The number of hydrogen-bond donors (Lipinski definition) is 2. The molecule has 0 atom stereocenters. The van der Waals surface area contributed by atoms with Crippen LogP contribution in [-0.2, 0) is 14.8 Å². The van der Waals surface area contributed by atoms with Gasteiger partial charge in [0.1, 0.15) is 4.90 Å². The molecular formula is C11H16ClFN2O3S. The molecule has 0 aromatic heterocycles. The lowest BCUT2D eigenvalue weighted by atomic mass is 10.3. The molecule has 0 saturated heterocycles. The topological polar surface area (TPSA) is 81.4 Å². The van der Waals surface area contributed by atoms with Crippen molar-refractivity contribution < 1.29 is 17.5 Å². The van der Waals surface area contributed by atoms with Crippen LogP contribution >= 0.6 is 11.6 Å². The zero-order chi connectivity index (χ0) is 14.5. The van der Waals surface area contributed by atoms with Crippen molar-refractivity contribution in [2.75, 3.05) is 26.0 Å². The van der Waals surface area contributed by atoms with Crippen LogP contribution in [0.2, 0.25) is 5.02 Å². The second-order valence-corrected chi connectivity index (χ2v) is 6.06. The number of benzene rings is 1. The molecule has 0 aliphatic carbocycles. The minimum absolute atomic E-state index is 0.0890. The molecule has 0 heterocycles. The highest BCUT2D eigenvalue weighted by atomic mass is 35.5. The number of rotatable bonds is 7. The van der Waals surface area contributed by atoms with Crippen molar-refractivity contribution in [1.82, 2.24) is 4.72 Å². The van der Waals surface area contributed by atoms with Crippen LogP contribution in [0.1, 0.15) is 12.8 Å². The van der Waals surface area contributed by atoms with E-state index in [4.69, 9.17) is 22.1 Å². The lowest BCUT2D eigenvalue weighted by molar-refractivity contribution is 0.193. The van der Waals surface area contributed by atoms with Crippen LogP contribution in [0.15, 0.2) is 17.0 Å². The highest BCUT2D eigenvalue weighted by Gasteiger charge is 2.21. The van der Waals surface area contributed by atoms with Gasteiger partial charge in [0.05, 0.1) is 5.02 Å². The monoisotopic (exact) mass is 310 g/mol. The van der Waals surface area contributed by atoms with Gasteiger partial charge in [-0.2, -0.15) is 0 Å². The number of sulfonamides is 1. The number of hydrogen-bond acceptors (Lipinski definition) is 4. The third-order valence-electron chi connectivity index (χ3n) is 2.37. The van der Waals surface area contributed by atoms with Gasteiger partial charge in [0.2, 0.25) is 10.0 Å². The Kier molecular flexibility index (Phi) is 5.99. The summed E-state index contributed by atoms with van der Waals surface area (Å²) in [5.74, 6) is -1.000. The summed E-state index contributed by atoms with van der Waals surface area (Å²) in [4.78, 5) is -0.538. The second kappa shape index (κ2) is 7.04. The third-order valence-corrected chi connectivity index (χ3v) is 4.11. The van der Waals surface area contributed by atoms with E-state index in [-0.39, 0.29) is 17.3 Å². The van der Waals surface area contributed by atoms with Gasteiger partial charge < -0.3 is 10.5 Å². The molecule has 0 radical (unpaired) electrons. The Morgan fingerprint density at radius 1 is 1.42 bits per heavy atom. The van der Waals surface area contributed by atoms with Gasteiger partial charge in [-0.1, -0.05) is 11.6 Å². The van der Waals surface area contributed by atoms with Crippen LogP contribution in [0.25, 0.3) is 0 Å². The number of unbranched alkanes of at least 4 members (excludes halogenated alkanes) is 1. The highest BCUT2D eigenvalue weighted by molar-refractivity contribution is 7.89. The Morgan fingerprint density at radius 3 is 2.74 bits per heavy atom. The van der Waals surface area contributed by atoms with Crippen LogP contribution in [0.3, 0.4) is 0 Å². The molecule has 3 N–H and O–H groups in total. The largest absolute Gasteiger partial charge is 0.399 e. The Morgan fingerprint density at radius 2 is 2.11 bits per heavy atom. The Labute approximate surface area is 116 Å². The first kappa shape index (κ1) is 16.2. The van der Waals surface area contributed by atoms with E-state index in [0.29, 0.717) is 19.4 Å². The fourth-order valence-electron chi connectivity index (χ4n) is 1.44. The quantitative estimate of drug-likeness (QED) is 0.594. The van der Waals surface area contributed by atoms with Gasteiger partial charge in [-0.25, -0.2) is 17.5 Å². The highest BCUT2D eigenvalue weighted by Crippen LogP contribution is 2.25. The summed E-state index contributed by atoms with van der Waals surface area (Å²) < 4.78 is 44.6. The van der Waals surface area contributed by atoms with Crippen molar-refractivity contribution in [3.63, 3.8) is 0 Å². The summed E-state index contributed by atoms with van der Waals surface area (Å²) in [6.07, 6.45) is 1.30. The maximum absolute atomic E-state index is 13.7. The van der Waals surface area contributed by atoms with E-state index in [9.17, 15) is 12.8 Å². The molecule has 1 rings (SSSR count). The molecule has 0 bridgehead atoms. The van der Waals surface area contributed by atoms with Crippen LogP contribution < -0.4 is 10.5 Å². The summed E-state index contributed by atoms with van der Waals surface area (Å²) in [7, 11) is -2.39. The smallest absolute Gasteiger partial charge is 0.243 e. The van der Waals surface area contributed by atoms with Crippen molar-refractivity contribution in [3.8, 4) is 0 Å². The number of methoxy groups -OCH3 is 1. The average molecular weight is 311 g/mol. The summed E-state index contributed by atoms with van der Waals surface area (Å²) in [5, 5.41) is -0.320. The lowest BCUT2D eigenvalue weighted by Crippen LogP contribution is -2.26. The van der Waals surface area contributed by atoms with E-state index >= 15 is 0 Å². The molecular weight excluding hydrogens is 295 g/mol. The van der Waals surface area contributed by atoms with E-state index in [1.54, 1.807) is 7.11 Å². The lowest BCUT2D eigenvalue weighted by Gasteiger charge is -2.09. The van der Waals surface area contributed by atoms with Crippen molar-refractivity contribution in [2.45, 2.75) is 17.7 Å². The molecule has 5 nitrogen and oxygen atoms in total. The van der Waals surface area contributed by atoms with Crippen molar-refractivity contribution in [3.05, 3.63) is 23.0 Å². The minimum Gasteiger partial charge on any atom is -0.399 e. The fourth-order valence-corrected chi connectivity index (χ4v) is 2.92. The first-order valence-corrected chi connectivity index (χ1v) is 7.47. The predicted octanol–water partition coefficient (Wildman–Crippen LogP) is 1.77. The number of nitrogens with two attached hydrogens (primary N) is 1. The van der Waals surface area contributed by atoms with E-state index < -0.39 is 20.7 Å². The molecule has 0 amide bonds. The van der Waals surface area contributed by atoms with E-state index in [1.807, 2.05) is 0 Å². The molecule has 0 unspecified atom stereocenters. The van der Waals surface area contributed by atoms with Gasteiger partial charge in [0, 0.05) is 25.9 Å². The first-order chi connectivity index (χ1) is 8.88. The van der Waals surface area contributed by atoms with Gasteiger partial charge in [-0.15, -0.1) is 0 Å². The van der Waals surface area contributed by atoms with Crippen LogP contribution in [0.5, 0.6) is 0 Å². The standard InChI is InChI=1S/C11H16ClFN2O3S/c1-18-5-3-2-4-15-19(16,17)10-7-8(14)6-9(12)11(10)13/h6-7,15H,2-5,14H2,1H3. The first-order valence-electron chi connectivity index (χ1n) is 5.61. The maximum atomic E-state index is 13.7. The number of ether oxygens (including phenoxy) is 1. The SMILES string of the molecule is COCCCCNS(=O)(=O)c1cc(N)cc(Cl)c1F. The summed E-state index contributed by atoms with van der Waals surface area (Å²) in [6.45, 7) is 0.734. The molecule has 8 heteroatoms. The van der Waals surface area contributed by atoms with Crippen molar-refractivity contribution in [2.24, 2.45) is 0 Å². The number of anilines is 1. The van der Waals surface area contributed by atoms with E-state index in [2.05, 4.69) is 4.72 Å². The van der Waals surface area contributed by atoms with Crippen molar-refractivity contribution >= 4 is 27.3 Å². The van der Waals surface area contributed by atoms with Gasteiger partial charge >= 0.3 is 0 Å². The van der Waals surface area contributed by atoms with E-state index in [1.165, 1.54) is 0 Å². The summed E-state index contributed by atoms with van der Waals surface area (Å²) in [6, 6.07) is 2.20. The maximum Gasteiger partial charge on any atom is 0.243 e. The molecule has 0 saturated carbocycles. The predicted molar refractivity (Wildman–Crippen MR) is 72.1 cm³/mol. The number of halogens is 2. The van der Waals surface area contributed by atoms with Gasteiger partial charge in [-0.05, 0) is 25.0 Å². The van der Waals surface area contributed by atoms with Gasteiger partial charge in [0.25, 0.3) is 0 Å². The van der Waals surface area contributed by atoms with E-state index in [0.717, 1.165) is 12.1 Å². The zero-order valence-electron chi connectivity index (χ0n) is 10.4. The summed E-state index contributed by atoms with van der Waals surface area (Å²) in [5.41, 5.74) is 5.55. The van der Waals surface area contributed by atoms with Gasteiger partial charge in [0.15, 0.2) is 5.82 Å². The average Bonchev–Trinajstić information content (AvgIpc) is 2.33. The van der Waals surface area contributed by atoms with Crippen molar-refractivity contribution in [1.29, 1.82) is 0 Å².